The molecule has 1 heterocycles. The SMILES string of the molecule is CC(C)Nc1nc(NOC(C)(C)C)nc(C2=C(F)C(O)CCC2)n1. The molecule has 0 amide bonds. The highest BCUT2D eigenvalue weighted by Crippen LogP contribution is 2.32. The summed E-state index contributed by atoms with van der Waals surface area (Å²) in [5.74, 6) is 0.170. The van der Waals surface area contributed by atoms with Crippen LogP contribution in [0.25, 0.3) is 5.57 Å². The molecule has 0 fully saturated rings. The van der Waals surface area contributed by atoms with Crippen molar-refractivity contribution in [2.24, 2.45) is 0 Å². The van der Waals surface area contributed by atoms with Crippen molar-refractivity contribution in [1.82, 2.24) is 15.0 Å². The van der Waals surface area contributed by atoms with Crippen molar-refractivity contribution in [3.8, 4) is 0 Å². The number of nitrogens with one attached hydrogen (secondary N) is 2. The molecule has 8 heteroatoms. The van der Waals surface area contributed by atoms with Gasteiger partial charge in [0.2, 0.25) is 5.95 Å². The fourth-order valence-corrected chi connectivity index (χ4v) is 2.22. The van der Waals surface area contributed by atoms with E-state index in [-0.39, 0.29) is 17.8 Å². The first-order valence-corrected chi connectivity index (χ1v) is 8.19. The van der Waals surface area contributed by atoms with E-state index in [4.69, 9.17) is 4.84 Å². The lowest BCUT2D eigenvalue weighted by molar-refractivity contribution is 0.0358. The fourth-order valence-electron chi connectivity index (χ4n) is 2.22. The van der Waals surface area contributed by atoms with Crippen LogP contribution in [0.3, 0.4) is 0 Å². The van der Waals surface area contributed by atoms with Gasteiger partial charge in [-0.15, -0.1) is 0 Å². The van der Waals surface area contributed by atoms with Gasteiger partial charge in [0.25, 0.3) is 5.95 Å². The van der Waals surface area contributed by atoms with Gasteiger partial charge in [0.1, 0.15) is 11.9 Å². The fraction of sp³-hybridized carbons (Fsp3) is 0.688. The maximum absolute atomic E-state index is 14.3. The molecule has 0 saturated heterocycles. The number of aliphatic hydroxyl groups is 1. The van der Waals surface area contributed by atoms with Crippen molar-refractivity contribution in [3.63, 3.8) is 0 Å². The third-order valence-corrected chi connectivity index (χ3v) is 3.26. The average molecular weight is 339 g/mol. The second-order valence-corrected chi connectivity index (χ2v) is 7.16. The van der Waals surface area contributed by atoms with E-state index in [1.165, 1.54) is 0 Å². The van der Waals surface area contributed by atoms with Crippen LogP contribution in [-0.2, 0) is 4.84 Å². The number of rotatable bonds is 5. The molecule has 1 unspecified atom stereocenters. The quantitative estimate of drug-likeness (QED) is 0.710. The van der Waals surface area contributed by atoms with Crippen LogP contribution in [-0.4, -0.2) is 37.8 Å². The summed E-state index contributed by atoms with van der Waals surface area (Å²) in [6.45, 7) is 9.55. The predicted octanol–water partition coefficient (Wildman–Crippen LogP) is 3.06. The Balaban J connectivity index is 2.37. The second kappa shape index (κ2) is 7.40. The van der Waals surface area contributed by atoms with Crippen LogP contribution in [0.2, 0.25) is 0 Å². The average Bonchev–Trinajstić information content (AvgIpc) is 2.46. The predicted molar refractivity (Wildman–Crippen MR) is 90.9 cm³/mol. The largest absolute Gasteiger partial charge is 0.386 e. The monoisotopic (exact) mass is 339 g/mol. The van der Waals surface area contributed by atoms with Crippen LogP contribution in [0, 0.1) is 0 Å². The van der Waals surface area contributed by atoms with Gasteiger partial charge in [0.05, 0.1) is 5.60 Å². The van der Waals surface area contributed by atoms with Crippen LogP contribution < -0.4 is 10.8 Å². The molecule has 2 rings (SSSR count). The first kappa shape index (κ1) is 18.5. The van der Waals surface area contributed by atoms with Crippen molar-refractivity contribution in [2.45, 2.75) is 71.6 Å². The number of allylic oxidation sites excluding steroid dienone is 1. The first-order chi connectivity index (χ1) is 11.2. The molecule has 0 bridgehead atoms. The number of aliphatic hydroxyl groups excluding tert-OH is 1. The lowest BCUT2D eigenvalue weighted by Crippen LogP contribution is -2.25. The first-order valence-electron chi connectivity index (χ1n) is 8.19. The molecular formula is C16H26FN5O2. The molecule has 7 nitrogen and oxygen atoms in total. The summed E-state index contributed by atoms with van der Waals surface area (Å²) in [7, 11) is 0. The summed E-state index contributed by atoms with van der Waals surface area (Å²) in [5.41, 5.74) is 2.57. The van der Waals surface area contributed by atoms with E-state index < -0.39 is 17.5 Å². The summed E-state index contributed by atoms with van der Waals surface area (Å²) in [6, 6.07) is 0.104. The zero-order valence-electron chi connectivity index (χ0n) is 14.9. The molecule has 0 aliphatic heterocycles. The van der Waals surface area contributed by atoms with E-state index in [0.717, 1.165) is 0 Å². The highest BCUT2D eigenvalue weighted by atomic mass is 19.1. The Bertz CT molecular complexity index is 613. The highest BCUT2D eigenvalue weighted by molar-refractivity contribution is 5.65. The van der Waals surface area contributed by atoms with Crippen LogP contribution in [0.1, 0.15) is 59.7 Å². The molecule has 1 aromatic heterocycles. The summed E-state index contributed by atoms with van der Waals surface area (Å²) >= 11 is 0. The lowest BCUT2D eigenvalue weighted by atomic mass is 9.96. The van der Waals surface area contributed by atoms with Crippen LogP contribution >= 0.6 is 0 Å². The maximum atomic E-state index is 14.3. The lowest BCUT2D eigenvalue weighted by Gasteiger charge is -2.21. The second-order valence-electron chi connectivity index (χ2n) is 7.16. The molecule has 0 spiro atoms. The van der Waals surface area contributed by atoms with Crippen LogP contribution in [0.15, 0.2) is 5.83 Å². The third-order valence-electron chi connectivity index (χ3n) is 3.26. The third kappa shape index (κ3) is 5.10. The molecule has 0 aromatic carbocycles. The minimum atomic E-state index is -1.09. The maximum Gasteiger partial charge on any atom is 0.252 e. The van der Waals surface area contributed by atoms with Crippen molar-refractivity contribution in [1.29, 1.82) is 0 Å². The Hall–Kier alpha value is -1.80. The Labute approximate surface area is 141 Å². The Morgan fingerprint density at radius 1 is 1.21 bits per heavy atom. The standard InChI is InChI=1S/C16H26FN5O2/c1-9(2)18-14-19-13(10-7-6-8-11(23)12(10)17)20-15(21-14)22-24-16(3,4)5/h9,11,23H,6-8H2,1-5H3,(H2,18,19,20,21,22). The molecule has 1 aromatic rings. The molecular weight excluding hydrogens is 313 g/mol. The Morgan fingerprint density at radius 2 is 1.88 bits per heavy atom. The molecule has 0 saturated carbocycles. The molecule has 24 heavy (non-hydrogen) atoms. The minimum absolute atomic E-state index is 0.104. The summed E-state index contributed by atoms with van der Waals surface area (Å²) < 4.78 is 14.3. The number of halogens is 1. The Morgan fingerprint density at radius 3 is 2.50 bits per heavy atom. The molecule has 3 N–H and O–H groups in total. The number of aromatic nitrogens is 3. The zero-order chi connectivity index (χ0) is 17.9. The summed E-state index contributed by atoms with van der Waals surface area (Å²) in [6.07, 6.45) is 0.488. The van der Waals surface area contributed by atoms with Crippen LogP contribution in [0.4, 0.5) is 16.3 Å². The van der Waals surface area contributed by atoms with Gasteiger partial charge in [-0.1, -0.05) is 0 Å². The number of hydrogen-bond acceptors (Lipinski definition) is 7. The zero-order valence-corrected chi connectivity index (χ0v) is 14.9. The van der Waals surface area contributed by atoms with Gasteiger partial charge in [-0.25, -0.2) is 9.87 Å². The van der Waals surface area contributed by atoms with Gasteiger partial charge in [0.15, 0.2) is 5.82 Å². The van der Waals surface area contributed by atoms with E-state index in [1.807, 2.05) is 34.6 Å². The van der Waals surface area contributed by atoms with Crippen molar-refractivity contribution in [2.75, 3.05) is 10.8 Å². The van der Waals surface area contributed by atoms with Gasteiger partial charge >= 0.3 is 0 Å². The molecule has 1 aliphatic carbocycles. The molecule has 134 valence electrons. The smallest absolute Gasteiger partial charge is 0.252 e. The van der Waals surface area contributed by atoms with Gasteiger partial charge in [0, 0.05) is 11.6 Å². The van der Waals surface area contributed by atoms with E-state index in [0.29, 0.717) is 30.8 Å². The van der Waals surface area contributed by atoms with E-state index in [1.54, 1.807) is 0 Å². The topological polar surface area (TPSA) is 92.2 Å². The van der Waals surface area contributed by atoms with Crippen molar-refractivity contribution in [3.05, 3.63) is 11.7 Å². The number of anilines is 2. The summed E-state index contributed by atoms with van der Waals surface area (Å²) in [5, 5.41) is 12.8. The number of nitrogens with zero attached hydrogens (tertiary/aromatic N) is 3. The van der Waals surface area contributed by atoms with Gasteiger partial charge in [-0.3, -0.25) is 4.84 Å². The van der Waals surface area contributed by atoms with E-state index in [9.17, 15) is 9.50 Å². The Kier molecular flexibility index (Phi) is 5.71. The minimum Gasteiger partial charge on any atom is -0.386 e. The van der Waals surface area contributed by atoms with Crippen LogP contribution in [0.5, 0.6) is 0 Å². The molecule has 0 radical (unpaired) electrons. The molecule has 1 atom stereocenters. The normalized spacial score (nSPS) is 18.9. The molecule has 1 aliphatic rings. The van der Waals surface area contributed by atoms with E-state index in [2.05, 4.69) is 25.7 Å². The van der Waals surface area contributed by atoms with Crippen molar-refractivity contribution < 1.29 is 14.3 Å². The summed E-state index contributed by atoms with van der Waals surface area (Å²) in [4.78, 5) is 18.2. The number of hydrogen-bond donors (Lipinski definition) is 3. The highest BCUT2D eigenvalue weighted by Gasteiger charge is 2.25. The van der Waals surface area contributed by atoms with Gasteiger partial charge < -0.3 is 10.4 Å². The van der Waals surface area contributed by atoms with Gasteiger partial charge in [-0.05, 0) is 53.9 Å². The van der Waals surface area contributed by atoms with E-state index >= 15 is 0 Å². The van der Waals surface area contributed by atoms with Crippen molar-refractivity contribution >= 4 is 17.5 Å². The van der Waals surface area contributed by atoms with Gasteiger partial charge in [-0.2, -0.15) is 15.0 Å².